The molecule has 5 rings (SSSR count). The van der Waals surface area contributed by atoms with E-state index in [1.807, 2.05) is 18.3 Å². The fourth-order valence-corrected chi connectivity index (χ4v) is 4.95. The smallest absolute Gasteiger partial charge is 0.169 e. The summed E-state index contributed by atoms with van der Waals surface area (Å²) in [5.41, 5.74) is 5.92. The Morgan fingerprint density at radius 1 is 0.967 bits per heavy atom. The highest BCUT2D eigenvalue weighted by Gasteiger charge is 2.39. The summed E-state index contributed by atoms with van der Waals surface area (Å²) in [6.45, 7) is 4.38. The van der Waals surface area contributed by atoms with Crippen LogP contribution < -0.4 is 5.32 Å². The molecule has 1 aliphatic heterocycles. The van der Waals surface area contributed by atoms with Gasteiger partial charge in [0.2, 0.25) is 0 Å². The molecular formula is C25H24N4S. The van der Waals surface area contributed by atoms with Gasteiger partial charge in [0.15, 0.2) is 5.11 Å². The zero-order valence-electron chi connectivity index (χ0n) is 17.3. The maximum atomic E-state index is 5.62. The van der Waals surface area contributed by atoms with Gasteiger partial charge < -0.3 is 14.8 Å². The van der Waals surface area contributed by atoms with Gasteiger partial charge in [0.05, 0.1) is 23.5 Å². The average molecular weight is 413 g/mol. The molecule has 4 nitrogen and oxygen atoms in total. The highest BCUT2D eigenvalue weighted by molar-refractivity contribution is 7.80. The zero-order valence-corrected chi connectivity index (χ0v) is 18.1. The number of aryl methyl sites for hydroxylation is 1. The zero-order chi connectivity index (χ0) is 20.8. The van der Waals surface area contributed by atoms with Gasteiger partial charge in [0.1, 0.15) is 0 Å². The first-order chi connectivity index (χ1) is 14.6. The van der Waals surface area contributed by atoms with Crippen molar-refractivity contribution in [2.75, 3.05) is 7.05 Å². The normalized spacial score (nSPS) is 18.8. The Labute approximate surface area is 182 Å². The van der Waals surface area contributed by atoms with Crippen LogP contribution in [0.25, 0.3) is 16.5 Å². The summed E-state index contributed by atoms with van der Waals surface area (Å²) in [4.78, 5) is 6.76. The van der Waals surface area contributed by atoms with Crippen LogP contribution in [0.5, 0.6) is 0 Å². The standard InChI is InChI=1S/C25H24N4S/c1-16-15-20(24-23(27-25(30)28(24)3)21-12-6-7-14-26-21)17(2)29(16)22-13-8-10-18-9-4-5-11-19(18)22/h4-15,23-24H,1-3H3,(H,27,30)/t23-,24+/m1/s1. The van der Waals surface area contributed by atoms with E-state index in [9.17, 15) is 0 Å². The van der Waals surface area contributed by atoms with Crippen LogP contribution in [-0.2, 0) is 0 Å². The molecule has 4 aromatic rings. The van der Waals surface area contributed by atoms with Crippen molar-refractivity contribution < 1.29 is 0 Å². The number of rotatable bonds is 3. The van der Waals surface area contributed by atoms with Crippen LogP contribution in [0, 0.1) is 13.8 Å². The number of aromatic nitrogens is 2. The predicted molar refractivity (Wildman–Crippen MR) is 126 cm³/mol. The number of nitrogens with zero attached hydrogens (tertiary/aromatic N) is 3. The number of hydrogen-bond donors (Lipinski definition) is 1. The molecule has 0 spiro atoms. The fourth-order valence-electron chi connectivity index (χ4n) is 4.71. The third kappa shape index (κ3) is 2.89. The van der Waals surface area contributed by atoms with Crippen molar-refractivity contribution in [3.05, 3.63) is 95.6 Å². The van der Waals surface area contributed by atoms with Crippen LogP contribution in [0.2, 0.25) is 0 Å². The number of thiocarbonyl (C=S) groups is 1. The Kier molecular flexibility index (Phi) is 4.55. The molecule has 1 saturated heterocycles. The quantitative estimate of drug-likeness (QED) is 0.466. The van der Waals surface area contributed by atoms with Gasteiger partial charge in [-0.25, -0.2) is 0 Å². The summed E-state index contributed by atoms with van der Waals surface area (Å²) in [6.07, 6.45) is 1.84. The number of pyridine rings is 1. The van der Waals surface area contributed by atoms with Gasteiger partial charge in [-0.3, -0.25) is 4.98 Å². The minimum atomic E-state index is 0.0187. The lowest BCUT2D eigenvalue weighted by Gasteiger charge is -2.24. The monoisotopic (exact) mass is 412 g/mol. The minimum Gasteiger partial charge on any atom is -0.352 e. The van der Waals surface area contributed by atoms with Gasteiger partial charge in [-0.1, -0.05) is 42.5 Å². The van der Waals surface area contributed by atoms with Crippen LogP contribution in [0.15, 0.2) is 72.9 Å². The molecule has 150 valence electrons. The van der Waals surface area contributed by atoms with Crippen LogP contribution in [0.4, 0.5) is 0 Å². The van der Waals surface area contributed by atoms with Crippen LogP contribution in [0.3, 0.4) is 0 Å². The van der Waals surface area contributed by atoms with Crippen molar-refractivity contribution in [3.63, 3.8) is 0 Å². The molecule has 3 heterocycles. The van der Waals surface area contributed by atoms with E-state index in [1.54, 1.807) is 0 Å². The van der Waals surface area contributed by atoms with Crippen molar-refractivity contribution >= 4 is 28.1 Å². The summed E-state index contributed by atoms with van der Waals surface area (Å²) in [5.74, 6) is 0. The minimum absolute atomic E-state index is 0.0187. The molecule has 0 aliphatic carbocycles. The lowest BCUT2D eigenvalue weighted by atomic mass is 9.97. The summed E-state index contributed by atoms with van der Waals surface area (Å²) < 4.78 is 2.36. The first-order valence-corrected chi connectivity index (χ1v) is 10.6. The SMILES string of the molecule is Cc1cc([C@H]2[C@@H](c3ccccn3)NC(=S)N2C)c(C)n1-c1cccc2ccccc12. The molecule has 0 saturated carbocycles. The maximum absolute atomic E-state index is 5.62. The molecule has 2 aromatic heterocycles. The van der Waals surface area contributed by atoms with Crippen molar-refractivity contribution in [2.45, 2.75) is 25.9 Å². The van der Waals surface area contributed by atoms with Crippen LogP contribution in [-0.4, -0.2) is 26.6 Å². The van der Waals surface area contributed by atoms with Crippen LogP contribution in [0.1, 0.15) is 34.7 Å². The Balaban J connectivity index is 1.67. The van der Waals surface area contributed by atoms with E-state index >= 15 is 0 Å². The van der Waals surface area contributed by atoms with E-state index in [0.717, 1.165) is 10.8 Å². The van der Waals surface area contributed by atoms with E-state index in [-0.39, 0.29) is 12.1 Å². The lowest BCUT2D eigenvalue weighted by molar-refractivity contribution is 0.367. The molecule has 0 radical (unpaired) electrons. The molecule has 1 fully saturated rings. The van der Waals surface area contributed by atoms with Gasteiger partial charge in [-0.05, 0) is 61.3 Å². The largest absolute Gasteiger partial charge is 0.352 e. The summed E-state index contributed by atoms with van der Waals surface area (Å²) in [7, 11) is 2.06. The second-order valence-corrected chi connectivity index (χ2v) is 8.28. The van der Waals surface area contributed by atoms with Gasteiger partial charge >= 0.3 is 0 Å². The molecule has 5 heteroatoms. The van der Waals surface area contributed by atoms with E-state index in [1.165, 1.54) is 33.4 Å². The lowest BCUT2D eigenvalue weighted by Crippen LogP contribution is -2.25. The number of likely N-dealkylation sites (N-methyl/N-ethyl adjacent to an activating group) is 1. The second kappa shape index (κ2) is 7.26. The van der Waals surface area contributed by atoms with Gasteiger partial charge in [0, 0.05) is 30.0 Å². The first kappa shape index (κ1) is 18.8. The molecular weight excluding hydrogens is 388 g/mol. The van der Waals surface area contributed by atoms with Crippen molar-refractivity contribution in [2.24, 2.45) is 0 Å². The number of benzene rings is 2. The highest BCUT2D eigenvalue weighted by Crippen LogP contribution is 2.40. The van der Waals surface area contributed by atoms with Crippen molar-refractivity contribution in [1.29, 1.82) is 0 Å². The van der Waals surface area contributed by atoms with Crippen LogP contribution >= 0.6 is 12.2 Å². The van der Waals surface area contributed by atoms with E-state index < -0.39 is 0 Å². The Hall–Kier alpha value is -3.18. The molecule has 2 atom stereocenters. The van der Waals surface area contributed by atoms with Crippen molar-refractivity contribution in [3.8, 4) is 5.69 Å². The Morgan fingerprint density at radius 2 is 1.73 bits per heavy atom. The molecule has 1 N–H and O–H groups in total. The topological polar surface area (TPSA) is 33.1 Å². The van der Waals surface area contributed by atoms with Gasteiger partial charge in [-0.2, -0.15) is 0 Å². The molecule has 30 heavy (non-hydrogen) atoms. The maximum Gasteiger partial charge on any atom is 0.169 e. The molecule has 0 unspecified atom stereocenters. The molecule has 1 aliphatic rings. The molecule has 0 bridgehead atoms. The molecule has 0 amide bonds. The number of fused-ring (bicyclic) bond motifs is 1. The predicted octanol–water partition coefficient (Wildman–Crippen LogP) is 5.24. The first-order valence-electron chi connectivity index (χ1n) is 10.2. The number of hydrogen-bond acceptors (Lipinski definition) is 2. The highest BCUT2D eigenvalue weighted by atomic mass is 32.1. The van der Waals surface area contributed by atoms with E-state index in [0.29, 0.717) is 0 Å². The third-order valence-electron chi connectivity index (χ3n) is 6.14. The van der Waals surface area contributed by atoms with E-state index in [4.69, 9.17) is 12.2 Å². The molecule has 2 aromatic carbocycles. The third-order valence-corrected chi connectivity index (χ3v) is 6.54. The summed E-state index contributed by atoms with van der Waals surface area (Å²) in [5, 5.41) is 6.73. The average Bonchev–Trinajstić information content (AvgIpc) is 3.23. The fraction of sp³-hybridized carbons (Fsp3) is 0.200. The van der Waals surface area contributed by atoms with Gasteiger partial charge in [-0.15, -0.1) is 0 Å². The van der Waals surface area contributed by atoms with Gasteiger partial charge in [0.25, 0.3) is 0 Å². The van der Waals surface area contributed by atoms with Crippen molar-refractivity contribution in [1.82, 2.24) is 19.8 Å². The Morgan fingerprint density at radius 3 is 2.53 bits per heavy atom. The summed E-state index contributed by atoms with van der Waals surface area (Å²) in [6, 6.07) is 23.5. The number of nitrogens with one attached hydrogen (secondary N) is 1. The Bertz CT molecular complexity index is 1240. The second-order valence-electron chi connectivity index (χ2n) is 7.90. The summed E-state index contributed by atoms with van der Waals surface area (Å²) >= 11 is 5.62. The van der Waals surface area contributed by atoms with E-state index in [2.05, 4.69) is 95.3 Å².